The SMILES string of the molecule is COc1ccccc1CNC(=O)CN1CCc2ccccc2CC1. The molecular formula is C20H24N2O2. The first-order valence-corrected chi connectivity index (χ1v) is 8.44. The van der Waals surface area contributed by atoms with Crippen LogP contribution in [-0.4, -0.2) is 37.6 Å². The molecule has 0 spiro atoms. The topological polar surface area (TPSA) is 41.6 Å². The molecule has 0 bridgehead atoms. The lowest BCUT2D eigenvalue weighted by molar-refractivity contribution is -0.122. The molecule has 1 N–H and O–H groups in total. The molecule has 0 unspecified atom stereocenters. The van der Waals surface area contributed by atoms with E-state index < -0.39 is 0 Å². The van der Waals surface area contributed by atoms with Gasteiger partial charge in [0.25, 0.3) is 0 Å². The average molecular weight is 324 g/mol. The molecule has 0 saturated carbocycles. The normalized spacial score (nSPS) is 14.5. The molecule has 2 aromatic carbocycles. The Morgan fingerprint density at radius 3 is 2.33 bits per heavy atom. The third kappa shape index (κ3) is 4.15. The van der Waals surface area contributed by atoms with Crippen LogP contribution < -0.4 is 10.1 Å². The Morgan fingerprint density at radius 2 is 1.67 bits per heavy atom. The number of fused-ring (bicyclic) bond motifs is 1. The van der Waals surface area contributed by atoms with Crippen molar-refractivity contribution in [2.45, 2.75) is 19.4 Å². The van der Waals surface area contributed by atoms with Crippen LogP contribution >= 0.6 is 0 Å². The number of carbonyl (C=O) groups is 1. The number of ether oxygens (including phenoxy) is 1. The predicted molar refractivity (Wildman–Crippen MR) is 95.1 cm³/mol. The van der Waals surface area contributed by atoms with E-state index in [4.69, 9.17) is 4.74 Å². The molecule has 1 heterocycles. The Bertz CT molecular complexity index is 673. The van der Waals surface area contributed by atoms with Crippen molar-refractivity contribution in [2.75, 3.05) is 26.7 Å². The van der Waals surface area contributed by atoms with E-state index in [9.17, 15) is 4.79 Å². The van der Waals surface area contributed by atoms with Crippen LogP contribution in [-0.2, 0) is 24.2 Å². The highest BCUT2D eigenvalue weighted by molar-refractivity contribution is 5.78. The number of para-hydroxylation sites is 1. The molecule has 24 heavy (non-hydrogen) atoms. The van der Waals surface area contributed by atoms with E-state index in [1.54, 1.807) is 7.11 Å². The van der Waals surface area contributed by atoms with E-state index >= 15 is 0 Å². The van der Waals surface area contributed by atoms with Crippen molar-refractivity contribution in [3.63, 3.8) is 0 Å². The van der Waals surface area contributed by atoms with Crippen molar-refractivity contribution in [1.29, 1.82) is 0 Å². The maximum Gasteiger partial charge on any atom is 0.234 e. The molecule has 2 aromatic rings. The third-order valence-electron chi connectivity index (χ3n) is 4.55. The number of nitrogens with zero attached hydrogens (tertiary/aromatic N) is 1. The average Bonchev–Trinajstić information content (AvgIpc) is 2.83. The number of methoxy groups -OCH3 is 1. The second-order valence-corrected chi connectivity index (χ2v) is 6.13. The van der Waals surface area contributed by atoms with Crippen LogP contribution in [0.2, 0.25) is 0 Å². The maximum absolute atomic E-state index is 12.3. The first-order valence-electron chi connectivity index (χ1n) is 8.44. The van der Waals surface area contributed by atoms with Crippen LogP contribution in [0.15, 0.2) is 48.5 Å². The van der Waals surface area contributed by atoms with Gasteiger partial charge in [-0.25, -0.2) is 0 Å². The van der Waals surface area contributed by atoms with E-state index in [1.165, 1.54) is 11.1 Å². The summed E-state index contributed by atoms with van der Waals surface area (Å²) in [5.41, 5.74) is 3.82. The fraction of sp³-hybridized carbons (Fsp3) is 0.350. The third-order valence-corrected chi connectivity index (χ3v) is 4.55. The Kier molecular flexibility index (Phi) is 5.49. The van der Waals surface area contributed by atoms with Crippen molar-refractivity contribution in [3.05, 3.63) is 65.2 Å². The van der Waals surface area contributed by atoms with Crippen LogP contribution in [0.4, 0.5) is 0 Å². The fourth-order valence-electron chi connectivity index (χ4n) is 3.17. The second-order valence-electron chi connectivity index (χ2n) is 6.13. The van der Waals surface area contributed by atoms with Gasteiger partial charge in [-0.3, -0.25) is 9.69 Å². The summed E-state index contributed by atoms with van der Waals surface area (Å²) in [6, 6.07) is 16.3. The first kappa shape index (κ1) is 16.5. The number of benzene rings is 2. The smallest absolute Gasteiger partial charge is 0.234 e. The zero-order valence-electron chi connectivity index (χ0n) is 14.1. The molecule has 0 saturated heterocycles. The van der Waals surface area contributed by atoms with Gasteiger partial charge in [0.05, 0.1) is 13.7 Å². The largest absolute Gasteiger partial charge is 0.496 e. The minimum absolute atomic E-state index is 0.0619. The molecule has 1 aliphatic rings. The molecule has 0 atom stereocenters. The van der Waals surface area contributed by atoms with E-state index in [2.05, 4.69) is 34.5 Å². The molecule has 0 aliphatic carbocycles. The summed E-state index contributed by atoms with van der Waals surface area (Å²) in [6.45, 7) is 2.80. The van der Waals surface area contributed by atoms with Crippen LogP contribution in [0.1, 0.15) is 16.7 Å². The highest BCUT2D eigenvalue weighted by Crippen LogP contribution is 2.17. The lowest BCUT2D eigenvalue weighted by atomic mass is 10.0. The second kappa shape index (κ2) is 7.97. The maximum atomic E-state index is 12.3. The van der Waals surface area contributed by atoms with Gasteiger partial charge < -0.3 is 10.1 Å². The van der Waals surface area contributed by atoms with E-state index in [1.807, 2.05) is 24.3 Å². The van der Waals surface area contributed by atoms with E-state index in [0.717, 1.165) is 37.2 Å². The first-order chi connectivity index (χ1) is 11.8. The fourth-order valence-corrected chi connectivity index (χ4v) is 3.17. The molecule has 3 rings (SSSR count). The van der Waals surface area contributed by atoms with Gasteiger partial charge in [0, 0.05) is 25.2 Å². The van der Waals surface area contributed by atoms with Crippen LogP contribution in [0, 0.1) is 0 Å². The number of amides is 1. The summed E-state index contributed by atoms with van der Waals surface area (Å²) in [7, 11) is 1.65. The van der Waals surface area contributed by atoms with Gasteiger partial charge in [-0.15, -0.1) is 0 Å². The van der Waals surface area contributed by atoms with Crippen molar-refractivity contribution in [2.24, 2.45) is 0 Å². The standard InChI is InChI=1S/C20H24N2O2/c1-24-19-9-5-4-8-18(19)14-21-20(23)15-22-12-10-16-6-2-3-7-17(16)11-13-22/h2-9H,10-15H2,1H3,(H,21,23). The molecule has 4 nitrogen and oxygen atoms in total. The lowest BCUT2D eigenvalue weighted by Gasteiger charge is -2.19. The van der Waals surface area contributed by atoms with E-state index in [-0.39, 0.29) is 5.91 Å². The molecule has 0 aromatic heterocycles. The number of hydrogen-bond donors (Lipinski definition) is 1. The Morgan fingerprint density at radius 1 is 1.04 bits per heavy atom. The summed E-state index contributed by atoms with van der Waals surface area (Å²) in [4.78, 5) is 14.5. The van der Waals surface area contributed by atoms with Crippen molar-refractivity contribution in [1.82, 2.24) is 10.2 Å². The molecule has 0 radical (unpaired) electrons. The van der Waals surface area contributed by atoms with Crippen LogP contribution in [0.3, 0.4) is 0 Å². The van der Waals surface area contributed by atoms with Crippen LogP contribution in [0.25, 0.3) is 0 Å². The van der Waals surface area contributed by atoms with Gasteiger partial charge >= 0.3 is 0 Å². The predicted octanol–water partition coefficient (Wildman–Crippen LogP) is 2.41. The Hall–Kier alpha value is -2.33. The van der Waals surface area contributed by atoms with E-state index in [0.29, 0.717) is 13.1 Å². The van der Waals surface area contributed by atoms with Gasteiger partial charge in [0.2, 0.25) is 5.91 Å². The molecular weight excluding hydrogens is 300 g/mol. The summed E-state index contributed by atoms with van der Waals surface area (Å²) in [6.07, 6.45) is 2.02. The highest BCUT2D eigenvalue weighted by Gasteiger charge is 2.16. The Labute approximate surface area is 143 Å². The number of hydrogen-bond acceptors (Lipinski definition) is 3. The molecule has 126 valence electrons. The Balaban J connectivity index is 1.51. The monoisotopic (exact) mass is 324 g/mol. The van der Waals surface area contributed by atoms with Gasteiger partial charge in [-0.1, -0.05) is 42.5 Å². The molecule has 4 heteroatoms. The number of rotatable bonds is 5. The summed E-state index contributed by atoms with van der Waals surface area (Å²) < 4.78 is 5.32. The molecule has 1 amide bonds. The summed E-state index contributed by atoms with van der Waals surface area (Å²) >= 11 is 0. The number of nitrogens with one attached hydrogen (secondary N) is 1. The molecule has 0 fully saturated rings. The van der Waals surface area contributed by atoms with Gasteiger partial charge in [-0.2, -0.15) is 0 Å². The van der Waals surface area contributed by atoms with Gasteiger partial charge in [-0.05, 0) is 30.0 Å². The van der Waals surface area contributed by atoms with Crippen molar-refractivity contribution < 1.29 is 9.53 Å². The minimum Gasteiger partial charge on any atom is -0.496 e. The van der Waals surface area contributed by atoms with Crippen molar-refractivity contribution >= 4 is 5.91 Å². The summed E-state index contributed by atoms with van der Waals surface area (Å²) in [5.74, 6) is 0.870. The molecule has 1 aliphatic heterocycles. The highest BCUT2D eigenvalue weighted by atomic mass is 16.5. The lowest BCUT2D eigenvalue weighted by Crippen LogP contribution is -2.38. The van der Waals surface area contributed by atoms with Crippen LogP contribution in [0.5, 0.6) is 5.75 Å². The zero-order chi connectivity index (χ0) is 16.8. The van der Waals surface area contributed by atoms with Crippen molar-refractivity contribution in [3.8, 4) is 5.75 Å². The summed E-state index contributed by atoms with van der Waals surface area (Å²) in [5, 5.41) is 3.00. The van der Waals surface area contributed by atoms with Gasteiger partial charge in [0.15, 0.2) is 0 Å². The zero-order valence-corrected chi connectivity index (χ0v) is 14.1. The number of carbonyl (C=O) groups excluding carboxylic acids is 1. The minimum atomic E-state index is 0.0619. The van der Waals surface area contributed by atoms with Gasteiger partial charge in [0.1, 0.15) is 5.75 Å². The quantitative estimate of drug-likeness (QED) is 0.918.